The molecule has 0 atom stereocenters. The second kappa shape index (κ2) is 15.4. The normalized spacial score (nSPS) is 10.8. The van der Waals surface area contributed by atoms with Crippen molar-refractivity contribution in [3.63, 3.8) is 0 Å². The van der Waals surface area contributed by atoms with Crippen LogP contribution in [0.3, 0.4) is 0 Å². The van der Waals surface area contributed by atoms with E-state index in [1.54, 1.807) is 36.5 Å². The molecule has 0 spiro atoms. The number of rotatable bonds is 14. The zero-order valence-corrected chi connectivity index (χ0v) is 26.4. The monoisotopic (exact) mass is 645 g/mol. The number of fused-ring (bicyclic) bond motifs is 1. The van der Waals surface area contributed by atoms with Gasteiger partial charge in [0.15, 0.2) is 11.6 Å². The molecule has 0 bridgehead atoms. The van der Waals surface area contributed by atoms with Gasteiger partial charge in [-0.1, -0.05) is 31.2 Å². The van der Waals surface area contributed by atoms with E-state index in [9.17, 15) is 9.59 Å². The number of aromatic nitrogens is 1. The van der Waals surface area contributed by atoms with Gasteiger partial charge < -0.3 is 24.8 Å². The molecule has 3 aromatic carbocycles. The summed E-state index contributed by atoms with van der Waals surface area (Å²) in [6.07, 6.45) is 2.15. The molecule has 232 valence electrons. The van der Waals surface area contributed by atoms with Crippen LogP contribution in [0.1, 0.15) is 19.8 Å². The van der Waals surface area contributed by atoms with E-state index in [0.717, 1.165) is 50.4 Å². The van der Waals surface area contributed by atoms with E-state index in [2.05, 4.69) is 22.5 Å². The van der Waals surface area contributed by atoms with Crippen LogP contribution in [0, 0.1) is 5.82 Å². The zero-order valence-electron chi connectivity index (χ0n) is 24.8. The number of hydrogen-bond donors (Lipinski definition) is 2. The summed E-state index contributed by atoms with van der Waals surface area (Å²) in [5.74, 6) is 2.10. The van der Waals surface area contributed by atoms with Crippen molar-refractivity contribution in [2.24, 2.45) is 0 Å². The van der Waals surface area contributed by atoms with Gasteiger partial charge in [0, 0.05) is 28.9 Å². The van der Waals surface area contributed by atoms with Crippen LogP contribution in [-0.4, -0.2) is 42.0 Å². The number of halogens is 1. The number of benzene rings is 3. The van der Waals surface area contributed by atoms with Gasteiger partial charge in [0.2, 0.25) is 11.8 Å². The van der Waals surface area contributed by atoms with Gasteiger partial charge in [-0.05, 0) is 66.0 Å². The lowest BCUT2D eigenvalue weighted by atomic mass is 10.2. The van der Waals surface area contributed by atoms with Crippen LogP contribution in [-0.2, 0) is 9.59 Å². The lowest BCUT2D eigenvalue weighted by molar-refractivity contribution is -0.123. The highest BCUT2D eigenvalue weighted by molar-refractivity contribution is 7.99. The Bertz CT molecular complexity index is 1800. The highest BCUT2D eigenvalue weighted by Gasteiger charge is 2.16. The number of ether oxygens (including phenoxy) is 3. The van der Waals surface area contributed by atoms with Crippen LogP contribution in [0.15, 0.2) is 85.1 Å². The van der Waals surface area contributed by atoms with Crippen molar-refractivity contribution in [3.8, 4) is 33.4 Å². The van der Waals surface area contributed by atoms with E-state index in [4.69, 9.17) is 14.2 Å². The molecule has 8 nitrogen and oxygen atoms in total. The third-order valence-corrected chi connectivity index (χ3v) is 8.71. The highest BCUT2D eigenvalue weighted by atomic mass is 32.2. The van der Waals surface area contributed by atoms with Crippen LogP contribution in [0.4, 0.5) is 15.8 Å². The van der Waals surface area contributed by atoms with Crippen LogP contribution in [0.2, 0.25) is 0 Å². The minimum atomic E-state index is -0.671. The summed E-state index contributed by atoms with van der Waals surface area (Å²) in [7, 11) is 1.49. The molecule has 0 saturated carbocycles. The van der Waals surface area contributed by atoms with Crippen molar-refractivity contribution in [2.75, 3.05) is 35.9 Å². The quantitative estimate of drug-likeness (QED) is 0.0925. The Kier molecular flexibility index (Phi) is 10.9. The largest absolute Gasteiger partial charge is 0.495 e. The molecule has 0 saturated heterocycles. The van der Waals surface area contributed by atoms with Crippen molar-refractivity contribution in [3.05, 3.63) is 90.9 Å². The first-order chi connectivity index (χ1) is 21.9. The van der Waals surface area contributed by atoms with Gasteiger partial charge in [0.25, 0.3) is 0 Å². The first kappa shape index (κ1) is 31.8. The zero-order chi connectivity index (χ0) is 31.6. The van der Waals surface area contributed by atoms with Crippen molar-refractivity contribution in [1.29, 1.82) is 0 Å². The summed E-state index contributed by atoms with van der Waals surface area (Å²) in [6.45, 7) is 2.81. The van der Waals surface area contributed by atoms with E-state index in [0.29, 0.717) is 23.8 Å². The van der Waals surface area contributed by atoms with Crippen molar-refractivity contribution in [1.82, 2.24) is 4.98 Å². The summed E-state index contributed by atoms with van der Waals surface area (Å²) in [5.41, 5.74) is 2.36. The Hall–Kier alpha value is -4.61. The maximum absolute atomic E-state index is 15.1. The third kappa shape index (κ3) is 8.52. The van der Waals surface area contributed by atoms with Crippen LogP contribution in [0.5, 0.6) is 23.0 Å². The molecule has 0 radical (unpaired) electrons. The molecule has 5 aromatic rings. The highest BCUT2D eigenvalue weighted by Crippen LogP contribution is 2.40. The molecule has 45 heavy (non-hydrogen) atoms. The number of para-hydroxylation sites is 2. The molecular formula is C34H32FN3O5S2. The number of thioether (sulfide) groups is 1. The Morgan fingerprint density at radius 3 is 2.60 bits per heavy atom. The average Bonchev–Trinajstić information content (AvgIpc) is 3.48. The molecule has 2 aromatic heterocycles. The van der Waals surface area contributed by atoms with Gasteiger partial charge in [0.1, 0.15) is 23.7 Å². The molecule has 0 aliphatic carbocycles. The predicted octanol–water partition coefficient (Wildman–Crippen LogP) is 8.39. The molecule has 2 N–H and O–H groups in total. The first-order valence-corrected chi connectivity index (χ1v) is 16.3. The fraction of sp³-hybridized carbons (Fsp3) is 0.206. The second-order valence-corrected chi connectivity index (χ2v) is 12.2. The Balaban J connectivity index is 1.22. The van der Waals surface area contributed by atoms with Gasteiger partial charge in [-0.2, -0.15) is 11.8 Å². The number of nitrogens with one attached hydrogen (secondary N) is 2. The van der Waals surface area contributed by atoms with Gasteiger partial charge in [-0.3, -0.25) is 14.6 Å². The number of pyridine rings is 1. The van der Waals surface area contributed by atoms with Gasteiger partial charge in [0.05, 0.1) is 29.6 Å². The molecule has 11 heteroatoms. The number of carbonyl (C=O) groups excluding carboxylic acids is 2. The average molecular weight is 646 g/mol. The van der Waals surface area contributed by atoms with Gasteiger partial charge in [-0.25, -0.2) is 4.39 Å². The molecule has 0 aliphatic heterocycles. The fourth-order valence-corrected chi connectivity index (χ4v) is 6.12. The maximum atomic E-state index is 15.1. The first-order valence-electron chi connectivity index (χ1n) is 14.3. The van der Waals surface area contributed by atoms with Crippen LogP contribution in [0.25, 0.3) is 20.7 Å². The van der Waals surface area contributed by atoms with Crippen LogP contribution >= 0.6 is 23.1 Å². The molecule has 0 aliphatic rings. The van der Waals surface area contributed by atoms with Crippen molar-refractivity contribution in [2.45, 2.75) is 19.8 Å². The summed E-state index contributed by atoms with van der Waals surface area (Å²) >= 11 is 3.39. The number of carbonyl (C=O) groups is 2. The van der Waals surface area contributed by atoms with Gasteiger partial charge in [-0.15, -0.1) is 11.3 Å². The Morgan fingerprint density at radius 1 is 0.933 bits per heavy atom. The van der Waals surface area contributed by atoms with Crippen molar-refractivity contribution < 1.29 is 28.2 Å². The minimum Gasteiger partial charge on any atom is -0.495 e. The number of methoxy groups -OCH3 is 1. The van der Waals surface area contributed by atoms with E-state index < -0.39 is 24.1 Å². The molecule has 2 amide bonds. The Labute approximate surface area is 268 Å². The lowest BCUT2D eigenvalue weighted by Crippen LogP contribution is -2.21. The standard InChI is InChI=1S/C34H32FN3O5S2/c1-3-44-17-7-16-42-24-9-6-8-22(18-24)31-20-27-34(45-31)30(14-15-36-27)43-28-13-12-23(19-25(28)35)37-32(39)21-33(40)38-26-10-4-5-11-29(26)41-2/h4-6,8-15,18-20H,3,7,16-17,21H2,1-2H3,(H,37,39)(H,38,40). The molecular weight excluding hydrogens is 614 g/mol. The van der Waals surface area contributed by atoms with Gasteiger partial charge >= 0.3 is 0 Å². The summed E-state index contributed by atoms with van der Waals surface area (Å²) in [6, 6.07) is 22.6. The number of anilines is 2. The van der Waals surface area contributed by atoms with Crippen molar-refractivity contribution >= 4 is 56.5 Å². The fourth-order valence-electron chi connectivity index (χ4n) is 4.45. The number of thiophene rings is 1. The molecule has 2 heterocycles. The topological polar surface area (TPSA) is 98.8 Å². The Morgan fingerprint density at radius 2 is 1.78 bits per heavy atom. The van der Waals surface area contributed by atoms with E-state index in [1.165, 1.54) is 30.6 Å². The number of amides is 2. The minimum absolute atomic E-state index is 0.0130. The summed E-state index contributed by atoms with van der Waals surface area (Å²) in [5, 5.41) is 5.19. The van der Waals surface area contributed by atoms with E-state index >= 15 is 4.39 Å². The molecule has 0 fully saturated rings. The lowest BCUT2D eigenvalue weighted by Gasteiger charge is -2.11. The van der Waals surface area contributed by atoms with E-state index in [-0.39, 0.29) is 11.4 Å². The van der Waals surface area contributed by atoms with E-state index in [1.807, 2.05) is 42.1 Å². The smallest absolute Gasteiger partial charge is 0.233 e. The maximum Gasteiger partial charge on any atom is 0.233 e. The summed E-state index contributed by atoms with van der Waals surface area (Å²) < 4.78 is 33.0. The third-order valence-electron chi connectivity index (χ3n) is 6.54. The number of hydrogen-bond acceptors (Lipinski definition) is 8. The SMILES string of the molecule is CCSCCCOc1cccc(-c2cc3nccc(Oc4ccc(NC(=O)CC(=O)Nc5ccccc5OC)cc4F)c3s2)c1. The number of nitrogens with zero attached hydrogens (tertiary/aromatic N) is 1. The second-order valence-electron chi connectivity index (χ2n) is 9.78. The summed E-state index contributed by atoms with van der Waals surface area (Å²) in [4.78, 5) is 30.3. The molecule has 5 rings (SSSR count). The van der Waals surface area contributed by atoms with Crippen LogP contribution < -0.4 is 24.8 Å². The predicted molar refractivity (Wildman–Crippen MR) is 180 cm³/mol. The molecule has 0 unspecified atom stereocenters.